The summed E-state index contributed by atoms with van der Waals surface area (Å²) in [6.45, 7) is 2.69. The normalized spacial score (nSPS) is 12.2. The van der Waals surface area contributed by atoms with Gasteiger partial charge in [-0.3, -0.25) is 0 Å². The van der Waals surface area contributed by atoms with Gasteiger partial charge in [0.25, 0.3) is 0 Å². The third kappa shape index (κ3) is 4.08. The van der Waals surface area contributed by atoms with Crippen LogP contribution in [0.25, 0.3) is 0 Å². The molecule has 1 atom stereocenters. The van der Waals surface area contributed by atoms with Crippen LogP contribution >= 0.6 is 0 Å². The van der Waals surface area contributed by atoms with Gasteiger partial charge in [0, 0.05) is 13.2 Å². The Kier molecular flexibility index (Phi) is 5.16. The van der Waals surface area contributed by atoms with Crippen LogP contribution in [-0.2, 0) is 11.2 Å². The third-order valence-corrected chi connectivity index (χ3v) is 3.14. The molecule has 1 unspecified atom stereocenters. The number of hydrogen-bond acceptors (Lipinski definition) is 3. The van der Waals surface area contributed by atoms with Crippen LogP contribution in [0, 0.1) is 0 Å². The zero-order valence-electron chi connectivity index (χ0n) is 12.0. The van der Waals surface area contributed by atoms with Crippen LogP contribution in [0.3, 0.4) is 0 Å². The van der Waals surface area contributed by atoms with Crippen molar-refractivity contribution in [1.82, 2.24) is 0 Å². The van der Waals surface area contributed by atoms with Gasteiger partial charge in [0.2, 0.25) is 0 Å². The van der Waals surface area contributed by atoms with E-state index in [2.05, 4.69) is 12.1 Å². The van der Waals surface area contributed by atoms with Gasteiger partial charge in [-0.05, 0) is 48.7 Å². The van der Waals surface area contributed by atoms with Crippen LogP contribution in [0.4, 0.5) is 0 Å². The molecule has 0 saturated carbocycles. The lowest BCUT2D eigenvalue weighted by atomic mass is 10.1. The molecule has 3 nitrogen and oxygen atoms in total. The molecule has 0 aromatic heterocycles. The van der Waals surface area contributed by atoms with Crippen LogP contribution in [0.1, 0.15) is 24.1 Å². The van der Waals surface area contributed by atoms with E-state index in [0.29, 0.717) is 0 Å². The molecule has 2 rings (SSSR count). The van der Waals surface area contributed by atoms with Gasteiger partial charge in [0.05, 0.1) is 6.61 Å². The molecule has 0 fully saturated rings. The Labute approximate surface area is 120 Å². The summed E-state index contributed by atoms with van der Waals surface area (Å²) in [7, 11) is 1.71. The minimum atomic E-state index is 0.00923. The van der Waals surface area contributed by atoms with E-state index in [4.69, 9.17) is 15.2 Å². The van der Waals surface area contributed by atoms with E-state index >= 15 is 0 Å². The lowest BCUT2D eigenvalue weighted by molar-refractivity contribution is 0.202. The minimum absolute atomic E-state index is 0.00923. The number of hydrogen-bond donors (Lipinski definition) is 1. The minimum Gasteiger partial charge on any atom is -0.457 e. The Morgan fingerprint density at radius 2 is 1.80 bits per heavy atom. The van der Waals surface area contributed by atoms with Gasteiger partial charge in [0.15, 0.2) is 0 Å². The molecular formula is C17H21NO2. The van der Waals surface area contributed by atoms with Crippen LogP contribution in [0.2, 0.25) is 0 Å². The molecule has 0 spiro atoms. The Hall–Kier alpha value is -1.84. The lowest BCUT2D eigenvalue weighted by Crippen LogP contribution is -2.04. The van der Waals surface area contributed by atoms with Gasteiger partial charge < -0.3 is 15.2 Å². The molecular weight excluding hydrogens is 250 g/mol. The average Bonchev–Trinajstić information content (AvgIpc) is 2.47. The molecule has 0 heterocycles. The molecule has 0 amide bonds. The molecule has 0 bridgehead atoms. The summed E-state index contributed by atoms with van der Waals surface area (Å²) in [5.41, 5.74) is 8.18. The Morgan fingerprint density at radius 3 is 2.45 bits per heavy atom. The fourth-order valence-electron chi connectivity index (χ4n) is 1.94. The first kappa shape index (κ1) is 14.6. The summed E-state index contributed by atoms with van der Waals surface area (Å²) < 4.78 is 10.9. The van der Waals surface area contributed by atoms with E-state index in [1.807, 2.05) is 43.3 Å². The highest BCUT2D eigenvalue weighted by Gasteiger charge is 2.02. The van der Waals surface area contributed by atoms with Gasteiger partial charge in [-0.2, -0.15) is 0 Å². The second-order valence-corrected chi connectivity index (χ2v) is 4.85. The highest BCUT2D eigenvalue weighted by molar-refractivity contribution is 5.36. The molecule has 20 heavy (non-hydrogen) atoms. The van der Waals surface area contributed by atoms with Gasteiger partial charge in [-0.15, -0.1) is 0 Å². The molecule has 2 aromatic carbocycles. The van der Waals surface area contributed by atoms with E-state index in [0.717, 1.165) is 30.1 Å². The lowest BCUT2D eigenvalue weighted by Gasteiger charge is -2.10. The van der Waals surface area contributed by atoms with E-state index in [9.17, 15) is 0 Å². The highest BCUT2D eigenvalue weighted by atomic mass is 16.5. The third-order valence-electron chi connectivity index (χ3n) is 3.14. The zero-order chi connectivity index (χ0) is 14.4. The SMILES string of the molecule is COCCc1ccc(Oc2cccc(C(C)N)c2)cc1. The molecule has 0 aliphatic carbocycles. The first-order valence-electron chi connectivity index (χ1n) is 6.80. The molecule has 2 aromatic rings. The first-order chi connectivity index (χ1) is 9.69. The molecule has 0 radical (unpaired) electrons. The van der Waals surface area contributed by atoms with Gasteiger partial charge in [-0.1, -0.05) is 24.3 Å². The molecule has 2 N–H and O–H groups in total. The predicted molar refractivity (Wildman–Crippen MR) is 81.1 cm³/mol. The van der Waals surface area contributed by atoms with Crippen molar-refractivity contribution in [3.63, 3.8) is 0 Å². The number of ether oxygens (including phenoxy) is 2. The standard InChI is InChI=1S/C17H21NO2/c1-13(18)15-4-3-5-17(12-15)20-16-8-6-14(7-9-16)10-11-19-2/h3-9,12-13H,10-11,18H2,1-2H3. The van der Waals surface area contributed by atoms with E-state index in [1.165, 1.54) is 5.56 Å². The molecule has 0 aliphatic heterocycles. The number of benzene rings is 2. The Morgan fingerprint density at radius 1 is 1.05 bits per heavy atom. The van der Waals surface area contributed by atoms with Crippen molar-refractivity contribution in [2.45, 2.75) is 19.4 Å². The summed E-state index contributed by atoms with van der Waals surface area (Å²) in [5.74, 6) is 1.64. The first-order valence-corrected chi connectivity index (χ1v) is 6.80. The van der Waals surface area contributed by atoms with Gasteiger partial charge in [0.1, 0.15) is 11.5 Å². The maximum atomic E-state index is 5.87. The van der Waals surface area contributed by atoms with Crippen molar-refractivity contribution in [1.29, 1.82) is 0 Å². The maximum absolute atomic E-state index is 5.87. The quantitative estimate of drug-likeness (QED) is 0.871. The average molecular weight is 271 g/mol. The van der Waals surface area contributed by atoms with Crippen molar-refractivity contribution >= 4 is 0 Å². The second-order valence-electron chi connectivity index (χ2n) is 4.85. The van der Waals surface area contributed by atoms with Gasteiger partial charge >= 0.3 is 0 Å². The second kappa shape index (κ2) is 7.08. The topological polar surface area (TPSA) is 44.5 Å². The molecule has 0 saturated heterocycles. The molecule has 0 aliphatic rings. The maximum Gasteiger partial charge on any atom is 0.127 e. The summed E-state index contributed by atoms with van der Waals surface area (Å²) in [6, 6.07) is 16.0. The molecule has 106 valence electrons. The molecule has 3 heteroatoms. The van der Waals surface area contributed by atoms with E-state index in [-0.39, 0.29) is 6.04 Å². The van der Waals surface area contributed by atoms with Crippen molar-refractivity contribution < 1.29 is 9.47 Å². The van der Waals surface area contributed by atoms with Crippen molar-refractivity contribution in [3.8, 4) is 11.5 Å². The number of methoxy groups -OCH3 is 1. The Bertz CT molecular complexity index is 535. The predicted octanol–water partition coefficient (Wildman–Crippen LogP) is 3.69. The summed E-state index contributed by atoms with van der Waals surface area (Å²) in [5, 5.41) is 0. The van der Waals surface area contributed by atoms with Crippen molar-refractivity contribution in [3.05, 3.63) is 59.7 Å². The van der Waals surface area contributed by atoms with E-state index < -0.39 is 0 Å². The van der Waals surface area contributed by atoms with Crippen molar-refractivity contribution in [2.24, 2.45) is 5.73 Å². The smallest absolute Gasteiger partial charge is 0.127 e. The Balaban J connectivity index is 2.04. The number of rotatable bonds is 6. The van der Waals surface area contributed by atoms with E-state index in [1.54, 1.807) is 7.11 Å². The van der Waals surface area contributed by atoms with Crippen LogP contribution < -0.4 is 10.5 Å². The number of nitrogens with two attached hydrogens (primary N) is 1. The fourth-order valence-corrected chi connectivity index (χ4v) is 1.94. The van der Waals surface area contributed by atoms with Crippen LogP contribution in [-0.4, -0.2) is 13.7 Å². The van der Waals surface area contributed by atoms with Crippen molar-refractivity contribution in [2.75, 3.05) is 13.7 Å². The van der Waals surface area contributed by atoms with Crippen LogP contribution in [0.5, 0.6) is 11.5 Å². The zero-order valence-corrected chi connectivity index (χ0v) is 12.0. The summed E-state index contributed by atoms with van der Waals surface area (Å²) >= 11 is 0. The van der Waals surface area contributed by atoms with Crippen LogP contribution in [0.15, 0.2) is 48.5 Å². The monoisotopic (exact) mass is 271 g/mol. The fraction of sp³-hybridized carbons (Fsp3) is 0.294. The highest BCUT2D eigenvalue weighted by Crippen LogP contribution is 2.24. The summed E-state index contributed by atoms with van der Waals surface area (Å²) in [6.07, 6.45) is 0.914. The van der Waals surface area contributed by atoms with Gasteiger partial charge in [-0.25, -0.2) is 0 Å². The largest absolute Gasteiger partial charge is 0.457 e. The summed E-state index contributed by atoms with van der Waals surface area (Å²) in [4.78, 5) is 0.